The monoisotopic (exact) mass is 278 g/mol. The summed E-state index contributed by atoms with van der Waals surface area (Å²) in [5, 5.41) is 8.97. The van der Waals surface area contributed by atoms with Crippen molar-refractivity contribution in [2.75, 3.05) is 32.4 Å². The molecule has 8 heteroatoms. The Bertz CT molecular complexity index is 449. The second kappa shape index (κ2) is 4.85. The summed E-state index contributed by atoms with van der Waals surface area (Å²) in [7, 11) is -3.25. The summed E-state index contributed by atoms with van der Waals surface area (Å²) in [6.45, 7) is 3.56. The molecular formula is C10H18N2O5S. The van der Waals surface area contributed by atoms with Crippen LogP contribution in [0.2, 0.25) is 0 Å². The Hall–Kier alpha value is -1.15. The first-order valence-corrected chi connectivity index (χ1v) is 7.39. The van der Waals surface area contributed by atoms with E-state index < -0.39 is 27.3 Å². The highest BCUT2D eigenvalue weighted by molar-refractivity contribution is 7.88. The van der Waals surface area contributed by atoms with Crippen molar-refractivity contribution in [2.24, 2.45) is 5.41 Å². The van der Waals surface area contributed by atoms with Crippen LogP contribution in [0.4, 0.5) is 0 Å². The number of hydrogen-bond donors (Lipinski definition) is 1. The number of sulfonamides is 1. The molecule has 1 heterocycles. The summed E-state index contributed by atoms with van der Waals surface area (Å²) in [4.78, 5) is 24.4. The first kappa shape index (κ1) is 14.9. The molecule has 7 nitrogen and oxygen atoms in total. The number of piperazine rings is 1. The minimum Gasteiger partial charge on any atom is -0.480 e. The average Bonchev–Trinajstić information content (AvgIpc) is 2.26. The number of rotatable bonds is 3. The van der Waals surface area contributed by atoms with E-state index in [1.54, 1.807) is 0 Å². The molecule has 0 unspecified atom stereocenters. The summed E-state index contributed by atoms with van der Waals surface area (Å²) < 4.78 is 23.9. The fourth-order valence-electron chi connectivity index (χ4n) is 1.71. The lowest BCUT2D eigenvalue weighted by atomic mass is 9.91. The zero-order valence-corrected chi connectivity index (χ0v) is 11.5. The normalized spacial score (nSPS) is 18.7. The van der Waals surface area contributed by atoms with Gasteiger partial charge in [-0.1, -0.05) is 0 Å². The molecule has 0 saturated carbocycles. The van der Waals surface area contributed by atoms with Gasteiger partial charge in [-0.25, -0.2) is 8.42 Å². The number of carbonyl (C=O) groups excluding carboxylic acids is 1. The minimum atomic E-state index is -3.25. The molecule has 1 N–H and O–H groups in total. The van der Waals surface area contributed by atoms with E-state index in [1.807, 2.05) is 0 Å². The van der Waals surface area contributed by atoms with Crippen LogP contribution in [-0.4, -0.2) is 67.0 Å². The Morgan fingerprint density at radius 2 is 1.56 bits per heavy atom. The Balaban J connectivity index is 2.70. The van der Waals surface area contributed by atoms with Crippen molar-refractivity contribution >= 4 is 21.9 Å². The first-order chi connectivity index (χ1) is 8.06. The van der Waals surface area contributed by atoms with Gasteiger partial charge in [0.2, 0.25) is 15.9 Å². The Morgan fingerprint density at radius 1 is 1.11 bits per heavy atom. The number of nitrogens with zero attached hydrogens (tertiary/aromatic N) is 2. The van der Waals surface area contributed by atoms with E-state index in [9.17, 15) is 18.0 Å². The van der Waals surface area contributed by atoms with Crippen molar-refractivity contribution in [1.82, 2.24) is 9.21 Å². The van der Waals surface area contributed by atoms with Crippen LogP contribution in [0.1, 0.15) is 13.8 Å². The summed E-state index contributed by atoms with van der Waals surface area (Å²) in [5.41, 5.74) is -1.48. The molecule has 0 aromatic heterocycles. The van der Waals surface area contributed by atoms with Gasteiger partial charge in [0, 0.05) is 26.2 Å². The van der Waals surface area contributed by atoms with Gasteiger partial charge in [0.25, 0.3) is 0 Å². The predicted molar refractivity (Wildman–Crippen MR) is 64.4 cm³/mol. The fraction of sp³-hybridized carbons (Fsp3) is 0.800. The maximum absolute atomic E-state index is 12.0. The number of aliphatic carboxylic acids is 1. The summed E-state index contributed by atoms with van der Waals surface area (Å²) in [6.07, 6.45) is 1.12. The fourth-order valence-corrected chi connectivity index (χ4v) is 2.54. The molecule has 104 valence electrons. The zero-order chi connectivity index (χ0) is 14.1. The van der Waals surface area contributed by atoms with Gasteiger partial charge < -0.3 is 10.0 Å². The van der Waals surface area contributed by atoms with Gasteiger partial charge in [0.05, 0.1) is 6.26 Å². The number of amides is 1. The van der Waals surface area contributed by atoms with Crippen LogP contribution in [0.25, 0.3) is 0 Å². The highest BCUT2D eigenvalue weighted by Crippen LogP contribution is 2.20. The van der Waals surface area contributed by atoms with E-state index in [-0.39, 0.29) is 26.2 Å². The summed E-state index contributed by atoms with van der Waals surface area (Å²) in [5.74, 6) is -1.67. The van der Waals surface area contributed by atoms with Crippen molar-refractivity contribution in [2.45, 2.75) is 13.8 Å². The van der Waals surface area contributed by atoms with Gasteiger partial charge >= 0.3 is 5.97 Å². The van der Waals surface area contributed by atoms with Gasteiger partial charge in [-0.3, -0.25) is 9.59 Å². The van der Waals surface area contributed by atoms with Crippen LogP contribution in [-0.2, 0) is 19.6 Å². The molecule has 18 heavy (non-hydrogen) atoms. The summed E-state index contributed by atoms with van der Waals surface area (Å²) >= 11 is 0. The highest BCUT2D eigenvalue weighted by Gasteiger charge is 2.40. The largest absolute Gasteiger partial charge is 0.480 e. The molecule has 0 bridgehead atoms. The SMILES string of the molecule is CC(C)(C(=O)O)C(=O)N1CCN(S(C)(=O)=O)CC1. The molecule has 1 fully saturated rings. The van der Waals surface area contributed by atoms with E-state index >= 15 is 0 Å². The van der Waals surface area contributed by atoms with Crippen LogP contribution < -0.4 is 0 Å². The first-order valence-electron chi connectivity index (χ1n) is 5.54. The molecule has 0 radical (unpaired) electrons. The van der Waals surface area contributed by atoms with Crippen molar-refractivity contribution < 1.29 is 23.1 Å². The van der Waals surface area contributed by atoms with Crippen LogP contribution >= 0.6 is 0 Å². The van der Waals surface area contributed by atoms with E-state index in [1.165, 1.54) is 23.1 Å². The quantitative estimate of drug-likeness (QED) is 0.682. The van der Waals surface area contributed by atoms with Gasteiger partial charge in [0.1, 0.15) is 5.41 Å². The van der Waals surface area contributed by atoms with Gasteiger partial charge in [-0.2, -0.15) is 4.31 Å². The molecule has 0 aromatic carbocycles. The molecule has 0 spiro atoms. The van der Waals surface area contributed by atoms with E-state index in [0.29, 0.717) is 0 Å². The number of carboxylic acids is 1. The molecule has 0 atom stereocenters. The topological polar surface area (TPSA) is 95.0 Å². The molecule has 1 rings (SSSR count). The predicted octanol–water partition coefficient (Wildman–Crippen LogP) is -0.799. The Kier molecular flexibility index (Phi) is 4.02. The third-order valence-corrected chi connectivity index (χ3v) is 4.37. The zero-order valence-electron chi connectivity index (χ0n) is 10.7. The Labute approximate surface area is 106 Å². The van der Waals surface area contributed by atoms with Crippen LogP contribution in [0.15, 0.2) is 0 Å². The molecular weight excluding hydrogens is 260 g/mol. The lowest BCUT2D eigenvalue weighted by Gasteiger charge is -2.36. The van der Waals surface area contributed by atoms with Crippen LogP contribution in [0, 0.1) is 5.41 Å². The standard InChI is InChI=1S/C10H18N2O5S/c1-10(2,9(14)15)8(13)11-4-6-12(7-5-11)18(3,16)17/h4-7H2,1-3H3,(H,14,15). The van der Waals surface area contributed by atoms with Crippen molar-refractivity contribution in [1.29, 1.82) is 0 Å². The van der Waals surface area contributed by atoms with Gasteiger partial charge in [-0.15, -0.1) is 0 Å². The lowest BCUT2D eigenvalue weighted by Crippen LogP contribution is -2.54. The highest BCUT2D eigenvalue weighted by atomic mass is 32.2. The minimum absolute atomic E-state index is 0.209. The van der Waals surface area contributed by atoms with Gasteiger partial charge in [0.15, 0.2) is 0 Å². The average molecular weight is 278 g/mol. The second-order valence-electron chi connectivity index (χ2n) is 4.88. The van der Waals surface area contributed by atoms with E-state index in [2.05, 4.69) is 0 Å². The Morgan fingerprint density at radius 3 is 1.89 bits per heavy atom. The summed E-state index contributed by atoms with van der Waals surface area (Å²) in [6, 6.07) is 0. The van der Waals surface area contributed by atoms with Crippen molar-refractivity contribution in [3.05, 3.63) is 0 Å². The number of carboxylic acid groups (broad SMARTS) is 1. The molecule has 0 aliphatic carbocycles. The smallest absolute Gasteiger partial charge is 0.318 e. The van der Waals surface area contributed by atoms with E-state index in [4.69, 9.17) is 5.11 Å². The van der Waals surface area contributed by atoms with Gasteiger partial charge in [-0.05, 0) is 13.8 Å². The third-order valence-electron chi connectivity index (χ3n) is 3.06. The van der Waals surface area contributed by atoms with Crippen molar-refractivity contribution in [3.8, 4) is 0 Å². The molecule has 1 amide bonds. The number of hydrogen-bond acceptors (Lipinski definition) is 4. The second-order valence-corrected chi connectivity index (χ2v) is 6.87. The molecule has 1 saturated heterocycles. The molecule has 1 aliphatic rings. The lowest BCUT2D eigenvalue weighted by molar-refractivity contribution is -0.158. The number of carbonyl (C=O) groups is 2. The molecule has 0 aromatic rings. The third kappa shape index (κ3) is 2.99. The molecule has 1 aliphatic heterocycles. The van der Waals surface area contributed by atoms with E-state index in [0.717, 1.165) is 6.26 Å². The maximum atomic E-state index is 12.0. The van der Waals surface area contributed by atoms with Crippen LogP contribution in [0.5, 0.6) is 0 Å². The maximum Gasteiger partial charge on any atom is 0.318 e. The van der Waals surface area contributed by atoms with Crippen molar-refractivity contribution in [3.63, 3.8) is 0 Å². The van der Waals surface area contributed by atoms with Crippen LogP contribution in [0.3, 0.4) is 0 Å².